The molecule has 1 rings (SSSR count). The Labute approximate surface area is 98.4 Å². The summed E-state index contributed by atoms with van der Waals surface area (Å²) in [5.74, 6) is 0.321. The van der Waals surface area contributed by atoms with Crippen LogP contribution in [0.1, 0.15) is 36.0 Å². The largest absolute Gasteiger partial charge is 0.506 e. The van der Waals surface area contributed by atoms with Crippen molar-refractivity contribution in [3.63, 3.8) is 0 Å². The van der Waals surface area contributed by atoms with Crippen molar-refractivity contribution in [2.24, 2.45) is 0 Å². The van der Waals surface area contributed by atoms with Crippen molar-refractivity contribution in [2.75, 3.05) is 0 Å². The van der Waals surface area contributed by atoms with Gasteiger partial charge in [-0.1, -0.05) is 13.0 Å². The first-order valence-electron chi connectivity index (χ1n) is 4.91. The predicted octanol–water partition coefficient (Wildman–Crippen LogP) is 3.46. The number of benzene rings is 1. The summed E-state index contributed by atoms with van der Waals surface area (Å²) in [6.45, 7) is 5.83. The van der Waals surface area contributed by atoms with Crippen LogP contribution in [-0.2, 0) is 4.79 Å². The molecular weight excluding hydrogens is 256 g/mol. The lowest BCUT2D eigenvalue weighted by Gasteiger charge is -2.16. The molecule has 1 aromatic rings. The van der Waals surface area contributed by atoms with E-state index in [1.54, 1.807) is 0 Å². The minimum Gasteiger partial charge on any atom is -0.506 e. The topological polar surface area (TPSA) is 37.3 Å². The zero-order valence-corrected chi connectivity index (χ0v) is 10.8. The number of hydrogen-bond acceptors (Lipinski definition) is 2. The van der Waals surface area contributed by atoms with Gasteiger partial charge in [0.2, 0.25) is 0 Å². The standard InChI is InChI=1S/C12H15BrO2/c1-7(4-5-14)10-8(2)6-9(3)11(13)12(10)15/h5-7,15H,4H2,1-3H3. The summed E-state index contributed by atoms with van der Waals surface area (Å²) >= 11 is 3.35. The normalized spacial score (nSPS) is 12.5. The second-order valence-electron chi connectivity index (χ2n) is 3.89. The Kier molecular flexibility index (Phi) is 3.91. The SMILES string of the molecule is Cc1cc(C)c(C(C)CC=O)c(O)c1Br. The highest BCUT2D eigenvalue weighted by atomic mass is 79.9. The second-order valence-corrected chi connectivity index (χ2v) is 4.68. The summed E-state index contributed by atoms with van der Waals surface area (Å²) in [4.78, 5) is 10.5. The van der Waals surface area contributed by atoms with Crippen LogP contribution in [0.5, 0.6) is 5.75 Å². The molecule has 3 heteroatoms. The third-order valence-electron chi connectivity index (χ3n) is 2.61. The fraction of sp³-hybridized carbons (Fsp3) is 0.417. The van der Waals surface area contributed by atoms with E-state index in [-0.39, 0.29) is 11.7 Å². The monoisotopic (exact) mass is 270 g/mol. The van der Waals surface area contributed by atoms with Gasteiger partial charge < -0.3 is 9.90 Å². The number of phenols is 1. The van der Waals surface area contributed by atoms with E-state index >= 15 is 0 Å². The van der Waals surface area contributed by atoms with E-state index in [9.17, 15) is 9.90 Å². The van der Waals surface area contributed by atoms with E-state index in [0.717, 1.165) is 27.4 Å². The van der Waals surface area contributed by atoms with Gasteiger partial charge in [-0.3, -0.25) is 0 Å². The van der Waals surface area contributed by atoms with Gasteiger partial charge in [0.15, 0.2) is 0 Å². The molecule has 2 nitrogen and oxygen atoms in total. The molecule has 1 atom stereocenters. The summed E-state index contributed by atoms with van der Waals surface area (Å²) < 4.78 is 0.723. The Bertz CT molecular complexity index is 386. The number of carbonyl (C=O) groups is 1. The quantitative estimate of drug-likeness (QED) is 0.855. The number of phenolic OH excluding ortho intramolecular Hbond substituents is 1. The lowest BCUT2D eigenvalue weighted by Crippen LogP contribution is -1.99. The fourth-order valence-corrected chi connectivity index (χ4v) is 2.17. The molecule has 0 bridgehead atoms. The van der Waals surface area contributed by atoms with Crippen LogP contribution in [-0.4, -0.2) is 11.4 Å². The van der Waals surface area contributed by atoms with Crippen LogP contribution in [0.25, 0.3) is 0 Å². The van der Waals surface area contributed by atoms with Crippen LogP contribution in [0, 0.1) is 13.8 Å². The molecule has 0 fully saturated rings. The molecule has 0 spiro atoms. The average Bonchev–Trinajstić information content (AvgIpc) is 2.15. The summed E-state index contributed by atoms with van der Waals surface area (Å²) in [5.41, 5.74) is 2.90. The number of carbonyl (C=O) groups excluding carboxylic acids is 1. The Morgan fingerprint density at radius 1 is 1.47 bits per heavy atom. The van der Waals surface area contributed by atoms with Gasteiger partial charge in [-0.2, -0.15) is 0 Å². The van der Waals surface area contributed by atoms with Gasteiger partial charge in [0.1, 0.15) is 12.0 Å². The van der Waals surface area contributed by atoms with Gasteiger partial charge in [-0.05, 0) is 46.8 Å². The Hall–Kier alpha value is -0.830. The van der Waals surface area contributed by atoms with Crippen molar-refractivity contribution in [2.45, 2.75) is 33.1 Å². The molecule has 1 N–H and O–H groups in total. The molecule has 1 aromatic carbocycles. The van der Waals surface area contributed by atoms with Gasteiger partial charge in [-0.15, -0.1) is 0 Å². The maximum absolute atomic E-state index is 10.5. The molecule has 0 aromatic heterocycles. The number of aryl methyl sites for hydroxylation is 2. The minimum absolute atomic E-state index is 0.0550. The zero-order valence-electron chi connectivity index (χ0n) is 9.17. The summed E-state index contributed by atoms with van der Waals surface area (Å²) in [7, 11) is 0. The first kappa shape index (κ1) is 12.2. The highest BCUT2D eigenvalue weighted by Gasteiger charge is 2.16. The van der Waals surface area contributed by atoms with Gasteiger partial charge in [-0.25, -0.2) is 0 Å². The second kappa shape index (κ2) is 4.79. The Balaban J connectivity index is 3.28. The van der Waals surface area contributed by atoms with E-state index in [2.05, 4.69) is 15.9 Å². The van der Waals surface area contributed by atoms with E-state index in [0.29, 0.717) is 6.42 Å². The van der Waals surface area contributed by atoms with Crippen molar-refractivity contribution in [1.29, 1.82) is 0 Å². The van der Waals surface area contributed by atoms with Crippen LogP contribution in [0.2, 0.25) is 0 Å². The number of aromatic hydroxyl groups is 1. The number of aldehydes is 1. The number of rotatable bonds is 3. The lowest BCUT2D eigenvalue weighted by atomic mass is 9.92. The molecule has 0 saturated carbocycles. The molecule has 0 amide bonds. The Morgan fingerprint density at radius 3 is 2.60 bits per heavy atom. The fourth-order valence-electron chi connectivity index (χ4n) is 1.84. The maximum atomic E-state index is 10.5. The van der Waals surface area contributed by atoms with E-state index in [1.807, 2.05) is 26.8 Å². The molecule has 15 heavy (non-hydrogen) atoms. The number of halogens is 1. The first-order valence-corrected chi connectivity index (χ1v) is 5.70. The zero-order chi connectivity index (χ0) is 11.6. The van der Waals surface area contributed by atoms with Crippen molar-refractivity contribution in [3.8, 4) is 5.75 Å². The molecular formula is C12H15BrO2. The van der Waals surface area contributed by atoms with E-state index < -0.39 is 0 Å². The van der Waals surface area contributed by atoms with E-state index in [1.165, 1.54) is 0 Å². The molecule has 0 radical (unpaired) electrons. The van der Waals surface area contributed by atoms with Crippen molar-refractivity contribution < 1.29 is 9.90 Å². The first-order chi connectivity index (χ1) is 6.99. The van der Waals surface area contributed by atoms with E-state index in [4.69, 9.17) is 0 Å². The molecule has 0 heterocycles. The lowest BCUT2D eigenvalue weighted by molar-refractivity contribution is -0.108. The molecule has 1 unspecified atom stereocenters. The van der Waals surface area contributed by atoms with Crippen molar-refractivity contribution >= 4 is 22.2 Å². The van der Waals surface area contributed by atoms with Crippen molar-refractivity contribution in [1.82, 2.24) is 0 Å². The van der Waals surface area contributed by atoms with Gasteiger partial charge in [0, 0.05) is 12.0 Å². The molecule has 0 aliphatic rings. The average molecular weight is 271 g/mol. The summed E-state index contributed by atoms with van der Waals surface area (Å²) in [6, 6.07) is 2.01. The van der Waals surface area contributed by atoms with Gasteiger partial charge in [0.25, 0.3) is 0 Å². The molecule has 82 valence electrons. The minimum atomic E-state index is 0.0550. The smallest absolute Gasteiger partial charge is 0.133 e. The molecule has 0 aliphatic heterocycles. The summed E-state index contributed by atoms with van der Waals surface area (Å²) in [6.07, 6.45) is 1.32. The maximum Gasteiger partial charge on any atom is 0.133 e. The number of hydrogen-bond donors (Lipinski definition) is 1. The van der Waals surface area contributed by atoms with Crippen LogP contribution in [0.3, 0.4) is 0 Å². The van der Waals surface area contributed by atoms with Crippen LogP contribution < -0.4 is 0 Å². The van der Waals surface area contributed by atoms with Gasteiger partial charge in [0.05, 0.1) is 4.47 Å². The third kappa shape index (κ3) is 2.40. The molecule has 0 aliphatic carbocycles. The van der Waals surface area contributed by atoms with Gasteiger partial charge >= 0.3 is 0 Å². The third-order valence-corrected chi connectivity index (χ3v) is 3.61. The van der Waals surface area contributed by atoms with Crippen LogP contribution in [0.15, 0.2) is 10.5 Å². The highest BCUT2D eigenvalue weighted by molar-refractivity contribution is 9.10. The van der Waals surface area contributed by atoms with Crippen molar-refractivity contribution in [3.05, 3.63) is 27.2 Å². The summed E-state index contributed by atoms with van der Waals surface area (Å²) in [5, 5.41) is 9.99. The molecule has 0 saturated heterocycles. The van der Waals surface area contributed by atoms with Crippen LogP contribution in [0.4, 0.5) is 0 Å². The Morgan fingerprint density at radius 2 is 2.07 bits per heavy atom. The highest BCUT2D eigenvalue weighted by Crippen LogP contribution is 2.38. The van der Waals surface area contributed by atoms with Crippen LogP contribution >= 0.6 is 15.9 Å². The predicted molar refractivity (Wildman–Crippen MR) is 64.4 cm³/mol.